The first-order valence-electron chi connectivity index (χ1n) is 20.2. The van der Waals surface area contributed by atoms with Crippen molar-refractivity contribution in [1.29, 1.82) is 0 Å². The van der Waals surface area contributed by atoms with E-state index in [4.69, 9.17) is 28.4 Å². The molecule has 0 aromatic heterocycles. The Labute approximate surface area is 379 Å². The summed E-state index contributed by atoms with van der Waals surface area (Å²) in [5, 5.41) is 0. The standard InChI is InChI=1S/C52H42O14/c1-59-51(57)61-41-29-23-35(24-30-41)27-33-43(53)63-47(49(55)65-45(37-15-7-3-8-16-37)38-17-9-4-10-18-38)48(64-44(54)34-28-36-25-31-42(32-26-36)62-52(58)60-2)50(56)66-46(39-19-11-5-12-20-39)40-21-13-6-14-22-40/h3-34,45-48H,1-2H3/b33-27+,34-28+/t47-,48+. The zero-order valence-electron chi connectivity index (χ0n) is 35.5. The molecule has 6 aromatic rings. The Kier molecular flexibility index (Phi) is 16.7. The number of esters is 4. The van der Waals surface area contributed by atoms with Crippen LogP contribution in [0.2, 0.25) is 0 Å². The maximum Gasteiger partial charge on any atom is 0.513 e. The second-order valence-corrected chi connectivity index (χ2v) is 13.9. The van der Waals surface area contributed by atoms with E-state index in [1.165, 1.54) is 60.7 Å². The van der Waals surface area contributed by atoms with Crippen LogP contribution < -0.4 is 9.47 Å². The van der Waals surface area contributed by atoms with Gasteiger partial charge in [-0.25, -0.2) is 28.8 Å². The number of hydrogen-bond donors (Lipinski definition) is 0. The van der Waals surface area contributed by atoms with Crippen LogP contribution in [0.4, 0.5) is 9.59 Å². The third-order valence-corrected chi connectivity index (χ3v) is 9.42. The fraction of sp³-hybridized carbons (Fsp3) is 0.115. The van der Waals surface area contributed by atoms with Crippen LogP contribution in [-0.4, -0.2) is 62.6 Å². The van der Waals surface area contributed by atoms with E-state index in [-0.39, 0.29) is 11.5 Å². The van der Waals surface area contributed by atoms with Gasteiger partial charge in [0.1, 0.15) is 11.5 Å². The topological polar surface area (TPSA) is 176 Å². The molecule has 334 valence electrons. The zero-order chi connectivity index (χ0) is 46.7. The second-order valence-electron chi connectivity index (χ2n) is 13.9. The first kappa shape index (κ1) is 46.7. The van der Waals surface area contributed by atoms with Crippen LogP contribution in [0.5, 0.6) is 11.5 Å². The first-order valence-corrected chi connectivity index (χ1v) is 20.2. The van der Waals surface area contributed by atoms with Crippen LogP contribution in [0.15, 0.2) is 182 Å². The maximum atomic E-state index is 14.7. The summed E-state index contributed by atoms with van der Waals surface area (Å²) < 4.78 is 42.8. The molecule has 0 spiro atoms. The molecule has 14 nitrogen and oxygen atoms in total. The van der Waals surface area contributed by atoms with Crippen molar-refractivity contribution in [3.63, 3.8) is 0 Å². The van der Waals surface area contributed by atoms with Gasteiger partial charge in [0, 0.05) is 12.2 Å². The van der Waals surface area contributed by atoms with Crippen molar-refractivity contribution >= 4 is 48.3 Å². The van der Waals surface area contributed by atoms with E-state index in [1.807, 2.05) is 0 Å². The molecule has 14 heteroatoms. The summed E-state index contributed by atoms with van der Waals surface area (Å²) in [4.78, 5) is 80.0. The highest BCUT2D eigenvalue weighted by Gasteiger charge is 2.44. The molecule has 0 amide bonds. The predicted molar refractivity (Wildman–Crippen MR) is 238 cm³/mol. The van der Waals surface area contributed by atoms with Gasteiger partial charge >= 0.3 is 36.2 Å². The molecule has 0 bridgehead atoms. The number of ether oxygens (including phenoxy) is 8. The molecule has 2 atom stereocenters. The minimum Gasteiger partial charge on any atom is -0.450 e. The molecule has 0 aliphatic carbocycles. The van der Waals surface area contributed by atoms with Crippen molar-refractivity contribution < 1.29 is 66.7 Å². The van der Waals surface area contributed by atoms with Gasteiger partial charge in [-0.15, -0.1) is 0 Å². The highest BCUT2D eigenvalue weighted by Crippen LogP contribution is 2.30. The second kappa shape index (κ2) is 23.6. The van der Waals surface area contributed by atoms with Gasteiger partial charge in [-0.2, -0.15) is 0 Å². The van der Waals surface area contributed by atoms with Crippen molar-refractivity contribution in [2.24, 2.45) is 0 Å². The van der Waals surface area contributed by atoms with E-state index in [9.17, 15) is 28.8 Å². The maximum absolute atomic E-state index is 14.7. The molecule has 0 saturated heterocycles. The number of hydrogen-bond acceptors (Lipinski definition) is 14. The average Bonchev–Trinajstić information content (AvgIpc) is 3.36. The summed E-state index contributed by atoms with van der Waals surface area (Å²) in [6.45, 7) is 0. The molecule has 0 fully saturated rings. The molecule has 0 radical (unpaired) electrons. The molecule has 0 N–H and O–H groups in total. The Hall–Kier alpha value is -8.78. The monoisotopic (exact) mass is 890 g/mol. The normalized spacial score (nSPS) is 11.9. The van der Waals surface area contributed by atoms with Gasteiger partial charge in [0.2, 0.25) is 12.2 Å². The van der Waals surface area contributed by atoms with Gasteiger partial charge in [-0.1, -0.05) is 146 Å². The molecule has 0 aliphatic heterocycles. The predicted octanol–water partition coefficient (Wildman–Crippen LogP) is 9.19. The number of carbonyl (C=O) groups is 6. The van der Waals surface area contributed by atoms with Gasteiger partial charge in [-0.3, -0.25) is 0 Å². The summed E-state index contributed by atoms with van der Waals surface area (Å²) in [7, 11) is 2.33. The third kappa shape index (κ3) is 13.6. The van der Waals surface area contributed by atoms with Crippen LogP contribution in [-0.2, 0) is 47.6 Å². The Morgan fingerprint density at radius 3 is 0.939 bits per heavy atom. The molecular formula is C52H42O14. The highest BCUT2D eigenvalue weighted by molar-refractivity contribution is 5.95. The van der Waals surface area contributed by atoms with Crippen molar-refractivity contribution in [1.82, 2.24) is 0 Å². The molecule has 0 saturated carbocycles. The largest absolute Gasteiger partial charge is 0.513 e. The van der Waals surface area contributed by atoms with Gasteiger partial charge in [0.15, 0.2) is 12.2 Å². The van der Waals surface area contributed by atoms with Crippen molar-refractivity contribution in [3.8, 4) is 11.5 Å². The number of rotatable bonds is 17. The Bertz CT molecular complexity index is 2350. The number of benzene rings is 6. The van der Waals surface area contributed by atoms with E-state index < -0.39 is 60.6 Å². The average molecular weight is 891 g/mol. The zero-order valence-corrected chi connectivity index (χ0v) is 35.5. The van der Waals surface area contributed by atoms with Crippen LogP contribution in [0.25, 0.3) is 12.2 Å². The molecule has 66 heavy (non-hydrogen) atoms. The third-order valence-electron chi connectivity index (χ3n) is 9.42. The van der Waals surface area contributed by atoms with E-state index in [1.54, 1.807) is 121 Å². The highest BCUT2D eigenvalue weighted by atomic mass is 16.7. The van der Waals surface area contributed by atoms with E-state index >= 15 is 0 Å². The summed E-state index contributed by atoms with van der Waals surface area (Å²) in [5.74, 6) is -4.44. The van der Waals surface area contributed by atoms with Gasteiger partial charge < -0.3 is 37.9 Å². The smallest absolute Gasteiger partial charge is 0.450 e. The molecule has 6 rings (SSSR count). The van der Waals surface area contributed by atoms with E-state index in [2.05, 4.69) is 9.47 Å². The number of methoxy groups -OCH3 is 2. The summed E-state index contributed by atoms with van der Waals surface area (Å²) >= 11 is 0. The molecule has 0 aliphatic rings. The van der Waals surface area contributed by atoms with Gasteiger partial charge in [0.25, 0.3) is 0 Å². The molecule has 0 unspecified atom stereocenters. The molecule has 6 aromatic carbocycles. The van der Waals surface area contributed by atoms with Crippen LogP contribution >= 0.6 is 0 Å². The van der Waals surface area contributed by atoms with Gasteiger partial charge in [0.05, 0.1) is 14.2 Å². The van der Waals surface area contributed by atoms with Gasteiger partial charge in [-0.05, 0) is 69.8 Å². The minimum atomic E-state index is -2.25. The molecule has 0 heterocycles. The Balaban J connectivity index is 1.38. The van der Waals surface area contributed by atoms with Crippen molar-refractivity contribution in [2.75, 3.05) is 14.2 Å². The quantitative estimate of drug-likeness (QED) is 0.0367. The summed E-state index contributed by atoms with van der Waals surface area (Å²) in [6.07, 6.45) is -3.87. The van der Waals surface area contributed by atoms with E-state index in [0.717, 1.165) is 26.4 Å². The summed E-state index contributed by atoms with van der Waals surface area (Å²) in [6, 6.07) is 46.8. The lowest BCUT2D eigenvalue weighted by Gasteiger charge is -2.28. The number of carbonyl (C=O) groups excluding carboxylic acids is 6. The SMILES string of the molecule is COC(=O)Oc1ccc(/C=C/C(=O)O[C@H](C(=O)OC(c2ccccc2)c2ccccc2)[C@@H](OC(=O)/C=C/c2ccc(OC(=O)OC)cc2)C(=O)OC(c2ccccc2)c2ccccc2)cc1. The van der Waals surface area contributed by atoms with Crippen molar-refractivity contribution in [3.05, 3.63) is 215 Å². The Morgan fingerprint density at radius 2 is 0.667 bits per heavy atom. The first-order chi connectivity index (χ1) is 32.1. The van der Waals surface area contributed by atoms with Crippen molar-refractivity contribution in [2.45, 2.75) is 24.4 Å². The molecular weight excluding hydrogens is 849 g/mol. The summed E-state index contributed by atoms with van der Waals surface area (Å²) in [5.41, 5.74) is 3.05. The lowest BCUT2D eigenvalue weighted by Crippen LogP contribution is -2.47. The fourth-order valence-corrected chi connectivity index (χ4v) is 6.23. The van der Waals surface area contributed by atoms with Crippen LogP contribution in [0, 0.1) is 0 Å². The lowest BCUT2D eigenvalue weighted by atomic mass is 10.0. The van der Waals surface area contributed by atoms with Crippen LogP contribution in [0.1, 0.15) is 45.6 Å². The van der Waals surface area contributed by atoms with E-state index in [0.29, 0.717) is 33.4 Å². The fourth-order valence-electron chi connectivity index (χ4n) is 6.23. The van der Waals surface area contributed by atoms with Crippen LogP contribution in [0.3, 0.4) is 0 Å². The Morgan fingerprint density at radius 1 is 0.379 bits per heavy atom. The lowest BCUT2D eigenvalue weighted by molar-refractivity contribution is -0.191. The minimum absolute atomic E-state index is 0.168.